The summed E-state index contributed by atoms with van der Waals surface area (Å²) < 4.78 is 5.34. The fourth-order valence-corrected chi connectivity index (χ4v) is 4.20. The summed E-state index contributed by atoms with van der Waals surface area (Å²) in [5, 5.41) is 0. The zero-order chi connectivity index (χ0) is 21.5. The third-order valence-electron chi connectivity index (χ3n) is 5.87. The van der Waals surface area contributed by atoms with Crippen molar-refractivity contribution in [3.8, 4) is 22.5 Å². The molecule has 1 fully saturated rings. The lowest BCUT2D eigenvalue weighted by Gasteiger charge is -2.27. The van der Waals surface area contributed by atoms with E-state index in [0.717, 1.165) is 33.6 Å². The molecule has 156 valence electrons. The highest BCUT2D eigenvalue weighted by Crippen LogP contribution is 2.39. The number of benzene rings is 1. The summed E-state index contributed by atoms with van der Waals surface area (Å²) in [6.07, 6.45) is 2.27. The highest BCUT2D eigenvalue weighted by Gasteiger charge is 2.28. The van der Waals surface area contributed by atoms with Crippen LogP contribution in [0.3, 0.4) is 0 Å². The third kappa shape index (κ3) is 3.47. The first-order valence-electron chi connectivity index (χ1n) is 10.3. The summed E-state index contributed by atoms with van der Waals surface area (Å²) in [7, 11) is 0. The summed E-state index contributed by atoms with van der Waals surface area (Å²) in [6, 6.07) is 11.2. The van der Waals surface area contributed by atoms with E-state index < -0.39 is 5.91 Å². The van der Waals surface area contributed by atoms with Gasteiger partial charge in [0.2, 0.25) is 5.91 Å². The summed E-state index contributed by atoms with van der Waals surface area (Å²) in [6.45, 7) is 4.23. The van der Waals surface area contributed by atoms with Gasteiger partial charge in [0.1, 0.15) is 0 Å². The number of nitrogens with zero attached hydrogens (tertiary/aromatic N) is 3. The van der Waals surface area contributed by atoms with E-state index in [9.17, 15) is 9.59 Å². The Morgan fingerprint density at radius 3 is 2.61 bits per heavy atom. The molecule has 7 nitrogen and oxygen atoms in total. The molecular weight excluding hydrogens is 392 g/mol. The number of aryl methyl sites for hydroxylation is 1. The number of nitrogens with two attached hydrogens (primary N) is 1. The molecule has 2 aromatic heterocycles. The van der Waals surface area contributed by atoms with Crippen molar-refractivity contribution in [1.82, 2.24) is 14.9 Å². The maximum absolute atomic E-state index is 12.9. The summed E-state index contributed by atoms with van der Waals surface area (Å²) in [5.74, 6) is -0.492. The van der Waals surface area contributed by atoms with Crippen molar-refractivity contribution in [1.29, 1.82) is 0 Å². The van der Waals surface area contributed by atoms with Crippen LogP contribution in [-0.4, -0.2) is 53.0 Å². The van der Waals surface area contributed by atoms with Crippen molar-refractivity contribution in [2.24, 2.45) is 5.73 Å². The molecule has 0 saturated carbocycles. The molecule has 3 heterocycles. The third-order valence-corrected chi connectivity index (χ3v) is 5.87. The van der Waals surface area contributed by atoms with Crippen LogP contribution < -0.4 is 5.73 Å². The van der Waals surface area contributed by atoms with E-state index in [1.807, 2.05) is 42.2 Å². The lowest BCUT2D eigenvalue weighted by atomic mass is 10.0. The van der Waals surface area contributed by atoms with E-state index in [1.165, 1.54) is 0 Å². The van der Waals surface area contributed by atoms with Gasteiger partial charge in [-0.2, -0.15) is 0 Å². The van der Waals surface area contributed by atoms with Gasteiger partial charge < -0.3 is 15.4 Å². The highest BCUT2D eigenvalue weighted by atomic mass is 16.5. The minimum absolute atomic E-state index is 0.00319. The SMILES string of the molecule is Cc1ccc(-c2cc(C(N)=O)c3c(n2)-c2ccc(C(=O)N4CCOCC4)cc2C3)cn1. The second-order valence-electron chi connectivity index (χ2n) is 7.89. The second-order valence-corrected chi connectivity index (χ2v) is 7.89. The van der Waals surface area contributed by atoms with E-state index in [0.29, 0.717) is 49.5 Å². The molecule has 1 aliphatic heterocycles. The van der Waals surface area contributed by atoms with E-state index in [1.54, 1.807) is 12.3 Å². The fourth-order valence-electron chi connectivity index (χ4n) is 4.20. The van der Waals surface area contributed by atoms with Gasteiger partial charge in [-0.25, -0.2) is 4.98 Å². The average molecular weight is 414 g/mol. The Morgan fingerprint density at radius 2 is 1.90 bits per heavy atom. The van der Waals surface area contributed by atoms with Crippen molar-refractivity contribution >= 4 is 11.8 Å². The van der Waals surface area contributed by atoms with Gasteiger partial charge in [0.25, 0.3) is 5.91 Å². The number of carbonyl (C=O) groups excluding carboxylic acids is 2. The molecule has 31 heavy (non-hydrogen) atoms. The molecule has 7 heteroatoms. The van der Waals surface area contributed by atoms with Crippen LogP contribution in [-0.2, 0) is 11.2 Å². The molecule has 2 amide bonds. The molecule has 0 atom stereocenters. The monoisotopic (exact) mass is 414 g/mol. The second kappa shape index (κ2) is 7.59. The molecule has 1 saturated heterocycles. The van der Waals surface area contributed by atoms with Gasteiger partial charge in [0, 0.05) is 53.7 Å². The van der Waals surface area contributed by atoms with Crippen LogP contribution in [0, 0.1) is 6.92 Å². The summed E-state index contributed by atoms with van der Waals surface area (Å²) >= 11 is 0. The zero-order valence-corrected chi connectivity index (χ0v) is 17.2. The lowest BCUT2D eigenvalue weighted by molar-refractivity contribution is 0.0303. The normalized spacial score (nSPS) is 14.8. The number of primary amides is 1. The van der Waals surface area contributed by atoms with E-state index in [-0.39, 0.29) is 5.91 Å². The van der Waals surface area contributed by atoms with Crippen molar-refractivity contribution in [2.75, 3.05) is 26.3 Å². The van der Waals surface area contributed by atoms with E-state index in [2.05, 4.69) is 4.98 Å². The minimum Gasteiger partial charge on any atom is -0.378 e. The number of rotatable bonds is 3. The number of fused-ring (bicyclic) bond motifs is 3. The molecule has 0 spiro atoms. The number of pyridine rings is 2. The first-order valence-corrected chi connectivity index (χ1v) is 10.3. The fraction of sp³-hybridized carbons (Fsp3) is 0.250. The molecule has 3 aromatic rings. The smallest absolute Gasteiger partial charge is 0.254 e. The Bertz CT molecular complexity index is 1200. The topological polar surface area (TPSA) is 98.4 Å². The van der Waals surface area contributed by atoms with Gasteiger partial charge in [0.05, 0.1) is 24.6 Å². The quantitative estimate of drug-likeness (QED) is 0.556. The van der Waals surface area contributed by atoms with Crippen molar-refractivity contribution in [2.45, 2.75) is 13.3 Å². The molecule has 0 unspecified atom stereocenters. The number of hydrogen-bond donors (Lipinski definition) is 1. The number of hydrogen-bond acceptors (Lipinski definition) is 5. The molecule has 5 rings (SSSR count). The largest absolute Gasteiger partial charge is 0.378 e. The number of amides is 2. The molecular formula is C24H22N4O3. The Morgan fingerprint density at radius 1 is 1.10 bits per heavy atom. The standard InChI is InChI=1S/C24H22N4O3/c1-14-2-3-16(13-26-14)21-12-20(23(25)29)19-11-17-10-15(4-5-18(17)22(19)27-21)24(30)28-6-8-31-9-7-28/h2-5,10,12-13H,6-9,11H2,1H3,(H2,25,29). The first kappa shape index (κ1) is 19.4. The Balaban J connectivity index is 1.56. The van der Waals surface area contributed by atoms with Crippen molar-refractivity contribution < 1.29 is 14.3 Å². The Hall–Kier alpha value is -3.58. The van der Waals surface area contributed by atoms with Crippen LogP contribution in [0.1, 0.15) is 37.5 Å². The van der Waals surface area contributed by atoms with Crippen LogP contribution >= 0.6 is 0 Å². The minimum atomic E-state index is -0.489. The predicted octanol–water partition coefficient (Wildman–Crippen LogP) is 2.59. The molecule has 1 aliphatic carbocycles. The molecule has 0 radical (unpaired) electrons. The first-order chi connectivity index (χ1) is 15.0. The maximum Gasteiger partial charge on any atom is 0.254 e. The van der Waals surface area contributed by atoms with Crippen LogP contribution in [0.5, 0.6) is 0 Å². The number of carbonyl (C=O) groups is 2. The molecule has 2 N–H and O–H groups in total. The van der Waals surface area contributed by atoms with Crippen molar-refractivity contribution in [3.63, 3.8) is 0 Å². The number of morpholine rings is 1. The van der Waals surface area contributed by atoms with Crippen molar-refractivity contribution in [3.05, 3.63) is 70.5 Å². The summed E-state index contributed by atoms with van der Waals surface area (Å²) in [5.41, 5.74) is 12.6. The van der Waals surface area contributed by atoms with Gasteiger partial charge in [-0.05, 0) is 48.4 Å². The van der Waals surface area contributed by atoms with Gasteiger partial charge in [0.15, 0.2) is 0 Å². The van der Waals surface area contributed by atoms with E-state index >= 15 is 0 Å². The Kier molecular flexibility index (Phi) is 4.75. The predicted molar refractivity (Wildman–Crippen MR) is 116 cm³/mol. The number of ether oxygens (including phenoxy) is 1. The number of aromatic nitrogens is 2. The van der Waals surface area contributed by atoms with Gasteiger partial charge in [-0.15, -0.1) is 0 Å². The molecule has 2 aliphatic rings. The van der Waals surface area contributed by atoms with Gasteiger partial charge in [-0.3, -0.25) is 14.6 Å². The van der Waals surface area contributed by atoms with Crippen LogP contribution in [0.2, 0.25) is 0 Å². The highest BCUT2D eigenvalue weighted by molar-refractivity contribution is 6.00. The van der Waals surface area contributed by atoms with Gasteiger partial charge >= 0.3 is 0 Å². The molecule has 1 aromatic carbocycles. The zero-order valence-electron chi connectivity index (χ0n) is 17.2. The van der Waals surface area contributed by atoms with Gasteiger partial charge in [-0.1, -0.05) is 6.07 Å². The van der Waals surface area contributed by atoms with Crippen LogP contribution in [0.15, 0.2) is 42.6 Å². The Labute approximate surface area is 179 Å². The summed E-state index contributed by atoms with van der Waals surface area (Å²) in [4.78, 5) is 36.1. The lowest BCUT2D eigenvalue weighted by Crippen LogP contribution is -2.40. The maximum atomic E-state index is 12.9. The van der Waals surface area contributed by atoms with E-state index in [4.69, 9.17) is 15.5 Å². The average Bonchev–Trinajstić information content (AvgIpc) is 3.16. The molecule has 0 bridgehead atoms. The van der Waals surface area contributed by atoms with Crippen LogP contribution in [0.4, 0.5) is 0 Å². The van der Waals surface area contributed by atoms with Crippen LogP contribution in [0.25, 0.3) is 22.5 Å².